The molecule has 0 heterocycles. The Labute approximate surface area is 119 Å². The standard InChI is InChI=1S/C15H15ClO2S/c1-12(11-13-5-3-2-4-6-13)19(17,18)15-9-7-14(16)8-10-15/h2-10,12H,11H2,1H3. The van der Waals surface area contributed by atoms with E-state index >= 15 is 0 Å². The smallest absolute Gasteiger partial charge is 0.181 e. The Hall–Kier alpha value is -1.32. The maximum atomic E-state index is 12.4. The summed E-state index contributed by atoms with van der Waals surface area (Å²) in [6.45, 7) is 1.73. The molecule has 1 unspecified atom stereocenters. The van der Waals surface area contributed by atoms with Crippen molar-refractivity contribution in [2.75, 3.05) is 0 Å². The van der Waals surface area contributed by atoms with Crippen LogP contribution in [0.25, 0.3) is 0 Å². The average Bonchev–Trinajstić information content (AvgIpc) is 2.40. The summed E-state index contributed by atoms with van der Waals surface area (Å²) in [5.41, 5.74) is 1.02. The van der Waals surface area contributed by atoms with Crippen molar-refractivity contribution in [2.24, 2.45) is 0 Å². The van der Waals surface area contributed by atoms with Crippen molar-refractivity contribution in [3.05, 3.63) is 65.2 Å². The molecule has 0 spiro atoms. The second-order valence-corrected chi connectivity index (χ2v) is 7.30. The molecular formula is C15H15ClO2S. The Morgan fingerprint density at radius 2 is 1.58 bits per heavy atom. The van der Waals surface area contributed by atoms with E-state index in [-0.39, 0.29) is 0 Å². The Bertz CT molecular complexity index is 634. The van der Waals surface area contributed by atoms with Gasteiger partial charge < -0.3 is 0 Å². The number of sulfone groups is 1. The van der Waals surface area contributed by atoms with Crippen LogP contribution in [0, 0.1) is 0 Å². The van der Waals surface area contributed by atoms with Gasteiger partial charge in [-0.2, -0.15) is 0 Å². The molecule has 0 aliphatic rings. The Balaban J connectivity index is 2.22. The van der Waals surface area contributed by atoms with Gasteiger partial charge in [-0.3, -0.25) is 0 Å². The van der Waals surface area contributed by atoms with Gasteiger partial charge in [0, 0.05) is 5.02 Å². The second-order valence-electron chi connectivity index (χ2n) is 4.50. The van der Waals surface area contributed by atoms with Gasteiger partial charge in [0.25, 0.3) is 0 Å². The Kier molecular flexibility index (Phi) is 4.27. The van der Waals surface area contributed by atoms with Gasteiger partial charge in [-0.15, -0.1) is 0 Å². The summed E-state index contributed by atoms with van der Waals surface area (Å²) in [4.78, 5) is 0.320. The van der Waals surface area contributed by atoms with E-state index in [9.17, 15) is 8.42 Å². The molecule has 4 heteroatoms. The first-order valence-electron chi connectivity index (χ1n) is 6.03. The summed E-state index contributed by atoms with van der Waals surface area (Å²) in [7, 11) is -3.31. The number of rotatable bonds is 4. The zero-order valence-electron chi connectivity index (χ0n) is 10.6. The van der Waals surface area contributed by atoms with Crippen LogP contribution in [-0.4, -0.2) is 13.7 Å². The first-order valence-corrected chi connectivity index (χ1v) is 7.96. The molecule has 0 saturated heterocycles. The van der Waals surface area contributed by atoms with E-state index in [2.05, 4.69) is 0 Å². The maximum absolute atomic E-state index is 12.4. The normalized spacial score (nSPS) is 13.2. The third-order valence-corrected chi connectivity index (χ3v) is 5.45. The summed E-state index contributed by atoms with van der Waals surface area (Å²) in [5.74, 6) is 0. The fourth-order valence-electron chi connectivity index (χ4n) is 1.91. The van der Waals surface area contributed by atoms with Crippen LogP contribution in [0.3, 0.4) is 0 Å². The number of hydrogen-bond acceptors (Lipinski definition) is 2. The molecule has 19 heavy (non-hydrogen) atoms. The minimum atomic E-state index is -3.31. The highest BCUT2D eigenvalue weighted by molar-refractivity contribution is 7.92. The molecule has 1 atom stereocenters. The van der Waals surface area contributed by atoms with Gasteiger partial charge in [0.1, 0.15) is 0 Å². The van der Waals surface area contributed by atoms with Crippen molar-refractivity contribution in [1.29, 1.82) is 0 Å². The van der Waals surface area contributed by atoms with Crippen LogP contribution in [0.1, 0.15) is 12.5 Å². The van der Waals surface area contributed by atoms with Crippen LogP contribution in [0.4, 0.5) is 0 Å². The van der Waals surface area contributed by atoms with Crippen molar-refractivity contribution >= 4 is 21.4 Å². The number of halogens is 1. The highest BCUT2D eigenvalue weighted by Crippen LogP contribution is 2.21. The summed E-state index contributed by atoms with van der Waals surface area (Å²) < 4.78 is 24.8. The zero-order valence-corrected chi connectivity index (χ0v) is 12.2. The molecule has 0 aliphatic heterocycles. The Morgan fingerprint density at radius 1 is 1.00 bits per heavy atom. The van der Waals surface area contributed by atoms with Crippen LogP contribution < -0.4 is 0 Å². The fraction of sp³-hybridized carbons (Fsp3) is 0.200. The number of hydrogen-bond donors (Lipinski definition) is 0. The molecule has 100 valence electrons. The van der Waals surface area contributed by atoms with Crippen molar-refractivity contribution in [3.8, 4) is 0 Å². The topological polar surface area (TPSA) is 34.1 Å². The molecule has 0 aromatic heterocycles. The van der Waals surface area contributed by atoms with E-state index in [0.29, 0.717) is 16.3 Å². The van der Waals surface area contributed by atoms with Crippen LogP contribution in [0.5, 0.6) is 0 Å². The van der Waals surface area contributed by atoms with Gasteiger partial charge in [-0.1, -0.05) is 41.9 Å². The lowest BCUT2D eigenvalue weighted by Crippen LogP contribution is -2.20. The molecule has 2 nitrogen and oxygen atoms in total. The highest BCUT2D eigenvalue weighted by Gasteiger charge is 2.23. The van der Waals surface area contributed by atoms with Crippen molar-refractivity contribution < 1.29 is 8.42 Å². The molecule has 0 fully saturated rings. The second kappa shape index (κ2) is 5.76. The molecule has 0 radical (unpaired) electrons. The first kappa shape index (κ1) is 14.1. The lowest BCUT2D eigenvalue weighted by Gasteiger charge is -2.13. The highest BCUT2D eigenvalue weighted by atomic mass is 35.5. The van der Waals surface area contributed by atoms with E-state index in [1.54, 1.807) is 31.2 Å². The SMILES string of the molecule is CC(Cc1ccccc1)S(=O)(=O)c1ccc(Cl)cc1. The minimum absolute atomic E-state index is 0.320. The average molecular weight is 295 g/mol. The van der Waals surface area contributed by atoms with Gasteiger partial charge in [0.05, 0.1) is 10.1 Å². The zero-order chi connectivity index (χ0) is 13.9. The third kappa shape index (κ3) is 3.37. The summed E-state index contributed by atoms with van der Waals surface area (Å²) >= 11 is 5.78. The molecule has 0 aliphatic carbocycles. The van der Waals surface area contributed by atoms with E-state index in [1.807, 2.05) is 30.3 Å². The quantitative estimate of drug-likeness (QED) is 0.861. The number of benzene rings is 2. The molecule has 0 saturated carbocycles. The van der Waals surface area contributed by atoms with Crippen LogP contribution >= 0.6 is 11.6 Å². The largest absolute Gasteiger partial charge is 0.223 e. The predicted molar refractivity (Wildman–Crippen MR) is 78.2 cm³/mol. The summed E-state index contributed by atoms with van der Waals surface area (Å²) in [5, 5.41) is 0.0748. The molecule has 0 bridgehead atoms. The minimum Gasteiger partial charge on any atom is -0.223 e. The Morgan fingerprint density at radius 3 is 2.16 bits per heavy atom. The van der Waals surface area contributed by atoms with E-state index in [1.165, 1.54) is 0 Å². The molecular weight excluding hydrogens is 280 g/mol. The summed E-state index contributed by atoms with van der Waals surface area (Å²) in [6, 6.07) is 15.9. The predicted octanol–water partition coefficient (Wildman–Crippen LogP) is 3.74. The van der Waals surface area contributed by atoms with Gasteiger partial charge in [0.15, 0.2) is 9.84 Å². The van der Waals surface area contributed by atoms with Gasteiger partial charge in [0.2, 0.25) is 0 Å². The van der Waals surface area contributed by atoms with Crippen LogP contribution in [0.2, 0.25) is 5.02 Å². The fourth-order valence-corrected chi connectivity index (χ4v) is 3.43. The van der Waals surface area contributed by atoms with E-state index in [0.717, 1.165) is 5.56 Å². The van der Waals surface area contributed by atoms with Crippen molar-refractivity contribution in [1.82, 2.24) is 0 Å². The van der Waals surface area contributed by atoms with Crippen molar-refractivity contribution in [2.45, 2.75) is 23.5 Å². The van der Waals surface area contributed by atoms with Crippen LogP contribution in [-0.2, 0) is 16.3 Å². The van der Waals surface area contributed by atoms with Crippen LogP contribution in [0.15, 0.2) is 59.5 Å². The molecule has 2 rings (SSSR count). The van der Waals surface area contributed by atoms with Gasteiger partial charge >= 0.3 is 0 Å². The summed E-state index contributed by atoms with van der Waals surface area (Å²) in [6.07, 6.45) is 0.506. The molecule has 2 aromatic rings. The lowest BCUT2D eigenvalue weighted by molar-refractivity contribution is 0.582. The van der Waals surface area contributed by atoms with Crippen molar-refractivity contribution in [3.63, 3.8) is 0 Å². The van der Waals surface area contributed by atoms with Gasteiger partial charge in [-0.25, -0.2) is 8.42 Å². The lowest BCUT2D eigenvalue weighted by atomic mass is 10.1. The monoisotopic (exact) mass is 294 g/mol. The molecule has 2 aromatic carbocycles. The maximum Gasteiger partial charge on any atom is 0.181 e. The van der Waals surface area contributed by atoms with E-state index < -0.39 is 15.1 Å². The third-order valence-electron chi connectivity index (χ3n) is 3.04. The molecule has 0 amide bonds. The van der Waals surface area contributed by atoms with Gasteiger partial charge in [-0.05, 0) is 43.2 Å². The van der Waals surface area contributed by atoms with E-state index in [4.69, 9.17) is 11.6 Å². The molecule has 0 N–H and O–H groups in total. The first-order chi connectivity index (χ1) is 9.00.